The van der Waals surface area contributed by atoms with Crippen LogP contribution in [0.5, 0.6) is 5.75 Å². The number of likely N-dealkylation sites (tertiary alicyclic amines) is 1. The second-order valence-corrected chi connectivity index (χ2v) is 9.38. The maximum Gasteiger partial charge on any atom is 0.258 e. The van der Waals surface area contributed by atoms with Gasteiger partial charge in [-0.05, 0) is 31.0 Å². The molecule has 7 nitrogen and oxygen atoms in total. The van der Waals surface area contributed by atoms with Crippen molar-refractivity contribution >= 4 is 39.9 Å². The number of aliphatic hydroxyl groups is 1. The first-order valence-electron chi connectivity index (χ1n) is 11.2. The van der Waals surface area contributed by atoms with Crippen molar-refractivity contribution in [2.45, 2.75) is 25.0 Å². The molecular formula is C25H27Cl2N3O4. The van der Waals surface area contributed by atoms with Crippen molar-refractivity contribution < 1.29 is 14.6 Å². The fourth-order valence-electron chi connectivity index (χ4n) is 4.22. The van der Waals surface area contributed by atoms with Crippen molar-refractivity contribution in [3.8, 4) is 5.75 Å². The summed E-state index contributed by atoms with van der Waals surface area (Å²) in [5.74, 6) is 0.376. The number of hydrogen-bond acceptors (Lipinski definition) is 5. The Morgan fingerprint density at radius 1 is 1.15 bits per heavy atom. The first kappa shape index (κ1) is 24.5. The predicted octanol–water partition coefficient (Wildman–Crippen LogP) is 3.48. The summed E-state index contributed by atoms with van der Waals surface area (Å²) in [6.07, 6.45) is 2.54. The Morgan fingerprint density at radius 3 is 2.56 bits per heavy atom. The highest BCUT2D eigenvalue weighted by molar-refractivity contribution is 6.42. The van der Waals surface area contributed by atoms with Crippen LogP contribution in [0.25, 0.3) is 10.8 Å². The number of β-amino-alcohol motifs (C(OH)–C–C–N with tert-alkyl or cyclic N) is 1. The summed E-state index contributed by atoms with van der Waals surface area (Å²) < 4.78 is 7.41. The molecule has 2 heterocycles. The van der Waals surface area contributed by atoms with Gasteiger partial charge in [-0.15, -0.1) is 0 Å². The molecule has 2 aromatic carbocycles. The van der Waals surface area contributed by atoms with Crippen LogP contribution in [0.3, 0.4) is 0 Å². The summed E-state index contributed by atoms with van der Waals surface area (Å²) in [6, 6.07) is 12.3. The molecule has 2 N–H and O–H groups in total. The quantitative estimate of drug-likeness (QED) is 0.515. The molecule has 1 amide bonds. The number of hydrogen-bond donors (Lipinski definition) is 2. The van der Waals surface area contributed by atoms with Gasteiger partial charge in [-0.1, -0.05) is 41.4 Å². The van der Waals surface area contributed by atoms with Gasteiger partial charge >= 0.3 is 0 Å². The van der Waals surface area contributed by atoms with Crippen LogP contribution >= 0.6 is 23.2 Å². The molecule has 1 fully saturated rings. The van der Waals surface area contributed by atoms with Crippen LogP contribution in [-0.4, -0.2) is 58.9 Å². The molecule has 3 aromatic rings. The van der Waals surface area contributed by atoms with E-state index in [1.807, 2.05) is 0 Å². The highest BCUT2D eigenvalue weighted by atomic mass is 35.5. The first-order chi connectivity index (χ1) is 16.3. The Kier molecular flexibility index (Phi) is 7.78. The van der Waals surface area contributed by atoms with Gasteiger partial charge in [0.2, 0.25) is 0 Å². The highest BCUT2D eigenvalue weighted by Crippen LogP contribution is 2.28. The number of benzene rings is 2. The van der Waals surface area contributed by atoms with E-state index in [9.17, 15) is 14.7 Å². The van der Waals surface area contributed by atoms with E-state index < -0.39 is 6.10 Å². The predicted molar refractivity (Wildman–Crippen MR) is 134 cm³/mol. The van der Waals surface area contributed by atoms with Crippen molar-refractivity contribution in [3.05, 3.63) is 74.6 Å². The Hall–Kier alpha value is -2.58. The van der Waals surface area contributed by atoms with Crippen LogP contribution in [0.15, 0.2) is 53.5 Å². The molecule has 0 radical (unpaired) electrons. The normalized spacial score (nSPS) is 15.9. The van der Waals surface area contributed by atoms with Crippen LogP contribution in [0.4, 0.5) is 0 Å². The lowest BCUT2D eigenvalue weighted by molar-refractivity contribution is 0.0594. The molecule has 1 aliphatic heterocycles. The van der Waals surface area contributed by atoms with Crippen LogP contribution in [0.2, 0.25) is 10.0 Å². The molecule has 1 saturated heterocycles. The van der Waals surface area contributed by atoms with Gasteiger partial charge in [-0.3, -0.25) is 9.59 Å². The topological polar surface area (TPSA) is 83.8 Å². The number of carbonyl (C=O) groups excluding carboxylic acids is 1. The molecule has 0 aliphatic carbocycles. The van der Waals surface area contributed by atoms with E-state index in [0.717, 1.165) is 25.9 Å². The summed E-state index contributed by atoms with van der Waals surface area (Å²) in [5, 5.41) is 15.3. The van der Waals surface area contributed by atoms with E-state index >= 15 is 0 Å². The van der Waals surface area contributed by atoms with Gasteiger partial charge in [0.15, 0.2) is 0 Å². The van der Waals surface area contributed by atoms with Crippen molar-refractivity contribution in [2.75, 3.05) is 26.2 Å². The molecule has 1 atom stereocenters. The minimum Gasteiger partial charge on any atom is -0.490 e. The Labute approximate surface area is 207 Å². The van der Waals surface area contributed by atoms with Gasteiger partial charge in [0.05, 0.1) is 21.7 Å². The monoisotopic (exact) mass is 503 g/mol. The minimum atomic E-state index is -0.713. The fraction of sp³-hybridized carbons (Fsp3) is 0.360. The summed E-state index contributed by atoms with van der Waals surface area (Å²) in [4.78, 5) is 27.3. The number of aryl methyl sites for hydroxylation is 1. The number of carbonyl (C=O) groups is 1. The zero-order valence-corrected chi connectivity index (χ0v) is 20.4. The van der Waals surface area contributed by atoms with Gasteiger partial charge in [-0.2, -0.15) is 0 Å². The number of aromatic nitrogens is 1. The van der Waals surface area contributed by atoms with E-state index in [1.54, 1.807) is 49.5 Å². The Morgan fingerprint density at radius 2 is 1.85 bits per heavy atom. The van der Waals surface area contributed by atoms with Gasteiger partial charge < -0.3 is 24.6 Å². The molecule has 4 rings (SSSR count). The number of nitrogens with one attached hydrogen (secondary N) is 1. The third kappa shape index (κ3) is 5.73. The smallest absolute Gasteiger partial charge is 0.258 e. The lowest BCUT2D eigenvalue weighted by atomic mass is 10.1. The number of nitrogens with zero attached hydrogens (tertiary/aromatic N) is 2. The fourth-order valence-corrected chi connectivity index (χ4v) is 4.51. The number of aliphatic hydroxyl groups excluding tert-OH is 1. The van der Waals surface area contributed by atoms with Crippen molar-refractivity contribution in [3.63, 3.8) is 0 Å². The average molecular weight is 504 g/mol. The molecule has 1 aromatic heterocycles. The second-order valence-electron chi connectivity index (χ2n) is 8.56. The summed E-state index contributed by atoms with van der Waals surface area (Å²) in [7, 11) is 1.62. The average Bonchev–Trinajstić information content (AvgIpc) is 2.83. The van der Waals surface area contributed by atoms with Crippen molar-refractivity contribution in [2.24, 2.45) is 7.05 Å². The summed E-state index contributed by atoms with van der Waals surface area (Å²) >= 11 is 12.0. The van der Waals surface area contributed by atoms with Gasteiger partial charge in [-0.25, -0.2) is 0 Å². The van der Waals surface area contributed by atoms with Gasteiger partial charge in [0.1, 0.15) is 11.9 Å². The van der Waals surface area contributed by atoms with Crippen LogP contribution in [-0.2, 0) is 7.05 Å². The molecule has 0 saturated carbocycles. The molecule has 0 unspecified atom stereocenters. The molecule has 9 heteroatoms. The van der Waals surface area contributed by atoms with E-state index in [4.69, 9.17) is 27.9 Å². The highest BCUT2D eigenvalue weighted by Gasteiger charge is 2.23. The van der Waals surface area contributed by atoms with E-state index in [2.05, 4.69) is 10.2 Å². The molecule has 34 heavy (non-hydrogen) atoms. The molecular weight excluding hydrogens is 477 g/mol. The zero-order valence-electron chi connectivity index (χ0n) is 18.8. The number of pyridine rings is 1. The largest absolute Gasteiger partial charge is 0.490 e. The lowest BCUT2D eigenvalue weighted by Gasteiger charge is -2.33. The van der Waals surface area contributed by atoms with Crippen LogP contribution in [0.1, 0.15) is 23.2 Å². The third-order valence-corrected chi connectivity index (χ3v) is 6.77. The summed E-state index contributed by atoms with van der Waals surface area (Å²) in [6.45, 7) is 2.13. The standard InChI is InChI=1S/C25H27Cl2N3O4/c1-29-15-21(19-4-2-3-5-20(19)25(29)33)24(32)28-13-16(31)14-30-10-8-17(9-11-30)34-18-6-7-22(26)23(27)12-18/h2-7,12,15-17,31H,8-11,13-14H2,1H3,(H,28,32)/t16-/m1/s1. The number of ether oxygens (including phenoxy) is 1. The second kappa shape index (κ2) is 10.8. The Bertz CT molecular complexity index is 1240. The number of rotatable bonds is 7. The maximum absolute atomic E-state index is 12.8. The Balaban J connectivity index is 1.26. The minimum absolute atomic E-state index is 0.0725. The SMILES string of the molecule is Cn1cc(C(=O)NC[C@@H](O)CN2CCC(Oc3ccc(Cl)c(Cl)c3)CC2)c2ccccc2c1=O. The first-order valence-corrected chi connectivity index (χ1v) is 12.0. The van der Waals surface area contributed by atoms with E-state index in [0.29, 0.717) is 38.7 Å². The number of fused-ring (bicyclic) bond motifs is 1. The maximum atomic E-state index is 12.8. The van der Waals surface area contributed by atoms with Crippen molar-refractivity contribution in [1.29, 1.82) is 0 Å². The van der Waals surface area contributed by atoms with Crippen LogP contribution < -0.4 is 15.6 Å². The summed E-state index contributed by atoms with van der Waals surface area (Å²) in [5.41, 5.74) is 0.254. The lowest BCUT2D eigenvalue weighted by Crippen LogP contribution is -2.45. The van der Waals surface area contributed by atoms with Gasteiger partial charge in [0, 0.05) is 56.3 Å². The third-order valence-electron chi connectivity index (χ3n) is 6.03. The van der Waals surface area contributed by atoms with E-state index in [1.165, 1.54) is 10.8 Å². The number of piperidine rings is 1. The molecule has 180 valence electrons. The van der Waals surface area contributed by atoms with Crippen LogP contribution in [0, 0.1) is 0 Å². The molecule has 1 aliphatic rings. The zero-order chi connectivity index (χ0) is 24.2. The number of amides is 1. The van der Waals surface area contributed by atoms with Crippen molar-refractivity contribution in [1.82, 2.24) is 14.8 Å². The van der Waals surface area contributed by atoms with Gasteiger partial charge in [0.25, 0.3) is 11.5 Å². The molecule has 0 spiro atoms. The number of halogens is 2. The molecule has 0 bridgehead atoms. The van der Waals surface area contributed by atoms with E-state index in [-0.39, 0.29) is 24.1 Å².